The number of likely N-dealkylation sites (tertiary alicyclic amines) is 1. The summed E-state index contributed by atoms with van der Waals surface area (Å²) in [6.07, 6.45) is 7.23. The van der Waals surface area contributed by atoms with Crippen molar-refractivity contribution >= 4 is 27.9 Å². The average Bonchev–Trinajstić information content (AvgIpc) is 2.64. The molecule has 1 aromatic heterocycles. The fourth-order valence-electron chi connectivity index (χ4n) is 2.98. The van der Waals surface area contributed by atoms with E-state index >= 15 is 0 Å². The molecule has 4 nitrogen and oxygen atoms in total. The fraction of sp³-hybridized carbons (Fsp3) is 0.300. The van der Waals surface area contributed by atoms with Crippen molar-refractivity contribution in [3.8, 4) is 0 Å². The van der Waals surface area contributed by atoms with Gasteiger partial charge in [-0.3, -0.25) is 14.7 Å². The Bertz CT molecular complexity index is 725. The molecule has 2 aromatic rings. The molecule has 0 bridgehead atoms. The van der Waals surface area contributed by atoms with E-state index in [9.17, 15) is 4.79 Å². The summed E-state index contributed by atoms with van der Waals surface area (Å²) in [7, 11) is 0. The zero-order valence-corrected chi connectivity index (χ0v) is 15.7. The lowest BCUT2D eigenvalue weighted by Gasteiger charge is -2.31. The highest BCUT2D eigenvalue weighted by atomic mass is 79.9. The van der Waals surface area contributed by atoms with Gasteiger partial charge in [-0.15, -0.1) is 0 Å². The number of benzene rings is 1. The van der Waals surface area contributed by atoms with Crippen LogP contribution in [0.2, 0.25) is 0 Å². The lowest BCUT2D eigenvalue weighted by Crippen LogP contribution is -2.43. The van der Waals surface area contributed by atoms with E-state index in [1.807, 2.05) is 48.7 Å². The minimum Gasteiger partial charge on any atom is -0.350 e. The minimum atomic E-state index is -0.0288. The van der Waals surface area contributed by atoms with Gasteiger partial charge in [0, 0.05) is 42.4 Å². The Morgan fingerprint density at radius 2 is 1.96 bits per heavy atom. The number of carbonyl (C=O) groups excluding carboxylic acids is 1. The summed E-state index contributed by atoms with van der Waals surface area (Å²) in [5.41, 5.74) is 2.10. The Labute approximate surface area is 157 Å². The van der Waals surface area contributed by atoms with Crippen molar-refractivity contribution in [2.24, 2.45) is 0 Å². The molecule has 0 aliphatic carbocycles. The van der Waals surface area contributed by atoms with Crippen LogP contribution in [0.15, 0.2) is 59.2 Å². The number of halogens is 1. The first-order valence-corrected chi connectivity index (χ1v) is 9.35. The molecule has 0 atom stereocenters. The summed E-state index contributed by atoms with van der Waals surface area (Å²) < 4.78 is 0.988. The van der Waals surface area contributed by atoms with Gasteiger partial charge in [0.15, 0.2) is 0 Å². The molecule has 5 heteroatoms. The Kier molecular flexibility index (Phi) is 6.36. The third-order valence-electron chi connectivity index (χ3n) is 4.37. The van der Waals surface area contributed by atoms with Gasteiger partial charge in [-0.1, -0.05) is 40.2 Å². The predicted molar refractivity (Wildman–Crippen MR) is 104 cm³/mol. The highest BCUT2D eigenvalue weighted by Crippen LogP contribution is 2.17. The molecule has 0 saturated carbocycles. The largest absolute Gasteiger partial charge is 0.350 e. The molecular weight excluding hydrogens is 378 g/mol. The van der Waals surface area contributed by atoms with E-state index < -0.39 is 0 Å². The topological polar surface area (TPSA) is 45.2 Å². The van der Waals surface area contributed by atoms with Gasteiger partial charge in [-0.2, -0.15) is 0 Å². The number of pyridine rings is 1. The normalized spacial score (nSPS) is 16.2. The van der Waals surface area contributed by atoms with Gasteiger partial charge in [0.05, 0.1) is 5.69 Å². The Balaban J connectivity index is 1.44. The number of amides is 1. The summed E-state index contributed by atoms with van der Waals surface area (Å²) in [6, 6.07) is 14.1. The molecule has 130 valence electrons. The van der Waals surface area contributed by atoms with E-state index in [1.165, 1.54) is 0 Å². The van der Waals surface area contributed by atoms with Crippen molar-refractivity contribution in [1.29, 1.82) is 0 Å². The van der Waals surface area contributed by atoms with E-state index in [0.29, 0.717) is 0 Å². The quantitative estimate of drug-likeness (QED) is 0.780. The summed E-state index contributed by atoms with van der Waals surface area (Å²) in [4.78, 5) is 18.9. The Morgan fingerprint density at radius 1 is 1.20 bits per heavy atom. The van der Waals surface area contributed by atoms with Gasteiger partial charge in [0.25, 0.3) is 0 Å². The van der Waals surface area contributed by atoms with Crippen LogP contribution in [0, 0.1) is 0 Å². The number of hydrogen-bond acceptors (Lipinski definition) is 3. The first-order valence-electron chi connectivity index (χ1n) is 8.56. The Morgan fingerprint density at radius 3 is 2.68 bits per heavy atom. The van der Waals surface area contributed by atoms with Crippen molar-refractivity contribution in [2.75, 3.05) is 13.1 Å². The monoisotopic (exact) mass is 399 g/mol. The molecule has 1 aliphatic rings. The number of piperidine rings is 1. The fourth-order valence-corrected chi connectivity index (χ4v) is 3.40. The maximum Gasteiger partial charge on any atom is 0.244 e. The smallest absolute Gasteiger partial charge is 0.244 e. The summed E-state index contributed by atoms with van der Waals surface area (Å²) >= 11 is 3.49. The second-order valence-electron chi connectivity index (χ2n) is 6.23. The Hall–Kier alpha value is -1.98. The van der Waals surface area contributed by atoms with Gasteiger partial charge >= 0.3 is 0 Å². The number of carbonyl (C=O) groups is 1. The second kappa shape index (κ2) is 8.92. The molecule has 0 unspecified atom stereocenters. The zero-order chi connectivity index (χ0) is 17.5. The van der Waals surface area contributed by atoms with Gasteiger partial charge in [-0.25, -0.2) is 0 Å². The number of rotatable bonds is 5. The van der Waals surface area contributed by atoms with Crippen LogP contribution in [0.25, 0.3) is 6.08 Å². The number of hydrogen-bond donors (Lipinski definition) is 1. The van der Waals surface area contributed by atoms with Crippen LogP contribution < -0.4 is 5.32 Å². The highest BCUT2D eigenvalue weighted by molar-refractivity contribution is 9.10. The van der Waals surface area contributed by atoms with Crippen molar-refractivity contribution in [2.45, 2.75) is 25.4 Å². The molecule has 1 aromatic carbocycles. The van der Waals surface area contributed by atoms with Gasteiger partial charge < -0.3 is 5.32 Å². The molecule has 2 heterocycles. The third kappa shape index (κ3) is 5.51. The van der Waals surface area contributed by atoms with Gasteiger partial charge in [0.1, 0.15) is 0 Å². The molecule has 0 spiro atoms. The van der Waals surface area contributed by atoms with Crippen molar-refractivity contribution in [3.63, 3.8) is 0 Å². The van der Waals surface area contributed by atoms with Gasteiger partial charge in [-0.05, 0) is 42.7 Å². The highest BCUT2D eigenvalue weighted by Gasteiger charge is 2.20. The molecule has 1 saturated heterocycles. The van der Waals surface area contributed by atoms with E-state index in [1.54, 1.807) is 6.08 Å². The van der Waals surface area contributed by atoms with Crippen LogP contribution in [-0.4, -0.2) is 34.9 Å². The first-order chi connectivity index (χ1) is 12.2. The molecule has 3 rings (SSSR count). The van der Waals surface area contributed by atoms with Crippen LogP contribution in [0.5, 0.6) is 0 Å². The van der Waals surface area contributed by atoms with E-state index in [-0.39, 0.29) is 11.9 Å². The molecule has 0 radical (unpaired) electrons. The lowest BCUT2D eigenvalue weighted by atomic mass is 10.0. The van der Waals surface area contributed by atoms with Crippen LogP contribution in [-0.2, 0) is 11.3 Å². The second-order valence-corrected chi connectivity index (χ2v) is 7.09. The van der Waals surface area contributed by atoms with Crippen LogP contribution in [0.4, 0.5) is 0 Å². The first kappa shape index (κ1) is 17.8. The van der Waals surface area contributed by atoms with Gasteiger partial charge in [0.2, 0.25) is 5.91 Å². The molecule has 1 aliphatic heterocycles. The van der Waals surface area contributed by atoms with Crippen LogP contribution in [0.1, 0.15) is 24.1 Å². The summed E-state index contributed by atoms with van der Waals surface area (Å²) in [5, 5.41) is 3.11. The molecule has 1 fully saturated rings. The maximum atomic E-state index is 12.1. The third-order valence-corrected chi connectivity index (χ3v) is 5.09. The minimum absolute atomic E-state index is 0.0288. The zero-order valence-electron chi connectivity index (χ0n) is 14.1. The number of nitrogens with zero attached hydrogens (tertiary/aromatic N) is 2. The van der Waals surface area contributed by atoms with Crippen molar-refractivity contribution in [1.82, 2.24) is 15.2 Å². The molecule has 25 heavy (non-hydrogen) atoms. The summed E-state index contributed by atoms with van der Waals surface area (Å²) in [6.45, 7) is 2.84. The van der Waals surface area contributed by atoms with Crippen molar-refractivity contribution in [3.05, 3.63) is 70.5 Å². The van der Waals surface area contributed by atoms with E-state index in [0.717, 1.165) is 48.2 Å². The predicted octanol–water partition coefficient (Wildman–Crippen LogP) is 3.64. The molecule has 1 N–H and O–H groups in total. The van der Waals surface area contributed by atoms with Crippen LogP contribution in [0.3, 0.4) is 0 Å². The average molecular weight is 400 g/mol. The van der Waals surface area contributed by atoms with E-state index in [4.69, 9.17) is 0 Å². The van der Waals surface area contributed by atoms with E-state index in [2.05, 4.69) is 37.2 Å². The SMILES string of the molecule is O=C(/C=C/c1ccccc1Br)NC1CCN(Cc2ccccn2)CC1. The standard InChI is InChI=1S/C20H22BrN3O/c21-19-7-2-1-5-16(19)8-9-20(25)23-17-10-13-24(14-11-17)15-18-6-3-4-12-22-18/h1-9,12,17H,10-11,13-15H2,(H,23,25)/b9-8+. The lowest BCUT2D eigenvalue weighted by molar-refractivity contribution is -0.117. The number of aromatic nitrogens is 1. The molecule has 1 amide bonds. The summed E-state index contributed by atoms with van der Waals surface area (Å²) in [5.74, 6) is -0.0288. The maximum absolute atomic E-state index is 12.1. The van der Waals surface area contributed by atoms with Crippen LogP contribution >= 0.6 is 15.9 Å². The number of nitrogens with one attached hydrogen (secondary N) is 1. The van der Waals surface area contributed by atoms with Crippen molar-refractivity contribution < 1.29 is 4.79 Å². The molecular formula is C20H22BrN3O.